The Morgan fingerprint density at radius 3 is 1.76 bits per heavy atom. The summed E-state index contributed by atoms with van der Waals surface area (Å²) in [4.78, 5) is 54.6. The maximum atomic E-state index is 13.3. The number of nitrogens with zero attached hydrogens (tertiary/aromatic N) is 1. The van der Waals surface area contributed by atoms with Gasteiger partial charge in [-0.2, -0.15) is 0 Å². The molecule has 0 radical (unpaired) electrons. The van der Waals surface area contributed by atoms with Crippen LogP contribution in [0.4, 0.5) is 0 Å². The highest BCUT2D eigenvalue weighted by atomic mass is 32.2. The third kappa shape index (κ3) is 6.58. The molecule has 0 bridgehead atoms. The first-order valence-electron chi connectivity index (χ1n) is 13.7. The molecule has 2 heterocycles. The van der Waals surface area contributed by atoms with Crippen molar-refractivity contribution in [3.8, 4) is 0 Å². The van der Waals surface area contributed by atoms with Crippen molar-refractivity contribution in [3.63, 3.8) is 0 Å². The Morgan fingerprint density at radius 1 is 0.805 bits per heavy atom. The van der Waals surface area contributed by atoms with E-state index in [0.717, 1.165) is 0 Å². The molecule has 41 heavy (non-hydrogen) atoms. The van der Waals surface area contributed by atoms with Gasteiger partial charge in [-0.3, -0.25) is 14.5 Å². The number of carbonyl (C=O) groups excluding carboxylic acids is 4. The summed E-state index contributed by atoms with van der Waals surface area (Å²) in [7, 11) is 0. The zero-order valence-electron chi connectivity index (χ0n) is 23.5. The molecule has 2 fully saturated rings. The zero-order valence-corrected chi connectivity index (χ0v) is 24.3. The minimum Gasteiger partial charge on any atom is -0.465 e. The van der Waals surface area contributed by atoms with E-state index < -0.39 is 65.8 Å². The standard InChI is InChI=1S/C30H35NO9S/c1-5-36-29(34)21(30(35)37-6-2)25-31-22(18(4)38-25)23(39-27(32)19-14-10-8-11-15-19)24(26(31)41-7-3)40-28(33)20-16-12-9-13-17-20/h8-18,21-26H,5-7H2,1-4H3/t18-,22+,23+,24+,25+,26-/m0/s1. The predicted molar refractivity (Wildman–Crippen MR) is 150 cm³/mol. The number of fused-ring (bicyclic) bond motifs is 1. The van der Waals surface area contributed by atoms with Gasteiger partial charge in [-0.05, 0) is 50.8 Å². The van der Waals surface area contributed by atoms with Gasteiger partial charge >= 0.3 is 23.9 Å². The molecule has 4 rings (SSSR count). The van der Waals surface area contributed by atoms with Crippen molar-refractivity contribution in [1.82, 2.24) is 4.90 Å². The summed E-state index contributed by atoms with van der Waals surface area (Å²) in [6.07, 6.45) is -3.62. The SMILES string of the molecule is CCOC(=O)C(C(=O)OCC)[C@H]1O[C@@H](C)[C@@H]2[C@@H](OC(=O)c3ccccc3)[C@@H](OC(=O)c3ccccc3)[C@H](SCC)N21. The molecule has 0 saturated carbocycles. The molecule has 2 saturated heterocycles. The van der Waals surface area contributed by atoms with Gasteiger partial charge in [-0.1, -0.05) is 43.3 Å². The largest absolute Gasteiger partial charge is 0.465 e. The average Bonchev–Trinajstić information content (AvgIpc) is 3.45. The first-order valence-corrected chi connectivity index (χ1v) is 14.8. The summed E-state index contributed by atoms with van der Waals surface area (Å²) in [5.74, 6) is -3.58. The Bertz CT molecular complexity index is 1190. The van der Waals surface area contributed by atoms with Gasteiger partial charge in [0.2, 0.25) is 0 Å². The lowest BCUT2D eigenvalue weighted by Crippen LogP contribution is -2.50. The van der Waals surface area contributed by atoms with Crippen LogP contribution in [-0.2, 0) is 33.3 Å². The lowest BCUT2D eigenvalue weighted by atomic mass is 10.1. The molecule has 6 atom stereocenters. The molecule has 0 N–H and O–H groups in total. The molecule has 220 valence electrons. The second-order valence-electron chi connectivity index (χ2n) is 9.47. The van der Waals surface area contributed by atoms with E-state index in [1.165, 1.54) is 11.8 Å². The van der Waals surface area contributed by atoms with Crippen molar-refractivity contribution in [3.05, 3.63) is 71.8 Å². The maximum absolute atomic E-state index is 13.3. The Balaban J connectivity index is 1.75. The van der Waals surface area contributed by atoms with Crippen molar-refractivity contribution in [2.24, 2.45) is 5.92 Å². The van der Waals surface area contributed by atoms with E-state index in [4.69, 9.17) is 23.7 Å². The summed E-state index contributed by atoms with van der Waals surface area (Å²) < 4.78 is 28.9. The number of ether oxygens (including phenoxy) is 5. The van der Waals surface area contributed by atoms with Crippen molar-refractivity contribution in [1.29, 1.82) is 0 Å². The topological polar surface area (TPSA) is 118 Å². The third-order valence-corrected chi connectivity index (χ3v) is 8.10. The van der Waals surface area contributed by atoms with E-state index in [1.54, 1.807) is 81.4 Å². The van der Waals surface area contributed by atoms with Crippen LogP contribution in [0.3, 0.4) is 0 Å². The summed E-state index contributed by atoms with van der Waals surface area (Å²) in [6, 6.07) is 16.4. The van der Waals surface area contributed by atoms with Crippen molar-refractivity contribution < 1.29 is 42.9 Å². The summed E-state index contributed by atoms with van der Waals surface area (Å²) in [5.41, 5.74) is 0.669. The molecule has 2 aliphatic rings. The summed E-state index contributed by atoms with van der Waals surface area (Å²) in [6.45, 7) is 7.10. The number of esters is 4. The molecule has 0 spiro atoms. The zero-order chi connectivity index (χ0) is 29.5. The van der Waals surface area contributed by atoms with E-state index in [9.17, 15) is 19.2 Å². The van der Waals surface area contributed by atoms with E-state index in [2.05, 4.69) is 0 Å². The average molecular weight is 586 g/mol. The molecule has 10 nitrogen and oxygen atoms in total. The second kappa shape index (κ2) is 14.0. The van der Waals surface area contributed by atoms with E-state index in [-0.39, 0.29) is 13.2 Å². The molecule has 2 aliphatic heterocycles. The monoisotopic (exact) mass is 585 g/mol. The first-order chi connectivity index (χ1) is 19.8. The van der Waals surface area contributed by atoms with Gasteiger partial charge in [0.1, 0.15) is 6.23 Å². The number of carbonyl (C=O) groups is 4. The Labute approximate surface area is 243 Å². The van der Waals surface area contributed by atoms with Gasteiger partial charge in [0.05, 0.1) is 41.9 Å². The van der Waals surface area contributed by atoms with Gasteiger partial charge in [0.15, 0.2) is 18.1 Å². The quantitative estimate of drug-likeness (QED) is 0.218. The smallest absolute Gasteiger partial charge is 0.338 e. The van der Waals surface area contributed by atoms with Crippen LogP contribution < -0.4 is 0 Å². The van der Waals surface area contributed by atoms with Crippen LogP contribution >= 0.6 is 11.8 Å². The molecule has 2 aromatic rings. The lowest BCUT2D eigenvalue weighted by Gasteiger charge is -2.32. The lowest BCUT2D eigenvalue weighted by molar-refractivity contribution is -0.174. The van der Waals surface area contributed by atoms with E-state index >= 15 is 0 Å². The fraction of sp³-hybridized carbons (Fsp3) is 0.467. The van der Waals surface area contributed by atoms with Crippen LogP contribution in [0.15, 0.2) is 60.7 Å². The highest BCUT2D eigenvalue weighted by molar-refractivity contribution is 7.99. The molecule has 0 unspecified atom stereocenters. The first kappa shape index (κ1) is 30.5. The van der Waals surface area contributed by atoms with Gasteiger partial charge in [-0.15, -0.1) is 11.8 Å². The normalized spacial score (nSPS) is 25.4. The van der Waals surface area contributed by atoms with Gasteiger partial charge in [-0.25, -0.2) is 9.59 Å². The van der Waals surface area contributed by atoms with Gasteiger partial charge < -0.3 is 23.7 Å². The Hall–Kier alpha value is -3.41. The number of rotatable bonds is 11. The molecule has 11 heteroatoms. The van der Waals surface area contributed by atoms with Crippen LogP contribution in [-0.4, -0.2) is 83.7 Å². The number of hydrogen-bond acceptors (Lipinski definition) is 11. The van der Waals surface area contributed by atoms with Crippen LogP contribution in [0.1, 0.15) is 48.4 Å². The minimum atomic E-state index is -1.42. The maximum Gasteiger partial charge on any atom is 0.338 e. The van der Waals surface area contributed by atoms with E-state index in [0.29, 0.717) is 16.9 Å². The Kier molecular flexibility index (Phi) is 10.4. The highest BCUT2D eigenvalue weighted by Crippen LogP contribution is 2.46. The number of hydrogen-bond donors (Lipinski definition) is 0. The van der Waals surface area contributed by atoms with Crippen molar-refractivity contribution >= 4 is 35.6 Å². The van der Waals surface area contributed by atoms with Crippen molar-refractivity contribution in [2.75, 3.05) is 19.0 Å². The third-order valence-electron chi connectivity index (χ3n) is 6.92. The molecular formula is C30H35NO9S. The van der Waals surface area contributed by atoms with E-state index in [1.807, 2.05) is 11.8 Å². The molecule has 0 amide bonds. The molecular weight excluding hydrogens is 550 g/mol. The molecule has 0 aliphatic carbocycles. The van der Waals surface area contributed by atoms with Crippen LogP contribution in [0.5, 0.6) is 0 Å². The predicted octanol–water partition coefficient (Wildman–Crippen LogP) is 3.69. The van der Waals surface area contributed by atoms with Crippen molar-refractivity contribution in [2.45, 2.75) is 63.7 Å². The Morgan fingerprint density at radius 2 is 1.29 bits per heavy atom. The summed E-state index contributed by atoms with van der Waals surface area (Å²) in [5, 5.41) is -0.618. The number of thioether (sulfide) groups is 1. The molecule has 0 aromatic heterocycles. The van der Waals surface area contributed by atoms with Crippen LogP contribution in [0, 0.1) is 5.92 Å². The van der Waals surface area contributed by atoms with Gasteiger partial charge in [0, 0.05) is 0 Å². The number of benzene rings is 2. The summed E-state index contributed by atoms with van der Waals surface area (Å²) >= 11 is 1.43. The molecule has 2 aromatic carbocycles. The minimum absolute atomic E-state index is 0.0577. The fourth-order valence-corrected chi connectivity index (χ4v) is 6.42. The second-order valence-corrected chi connectivity index (χ2v) is 10.9. The highest BCUT2D eigenvalue weighted by Gasteiger charge is 2.64. The fourth-order valence-electron chi connectivity index (χ4n) is 5.25. The van der Waals surface area contributed by atoms with Crippen LogP contribution in [0.25, 0.3) is 0 Å². The van der Waals surface area contributed by atoms with Gasteiger partial charge in [0.25, 0.3) is 0 Å². The van der Waals surface area contributed by atoms with Crippen LogP contribution in [0.2, 0.25) is 0 Å².